The molecule has 5 nitrogen and oxygen atoms in total. The minimum atomic E-state index is -0.235. The van der Waals surface area contributed by atoms with Crippen molar-refractivity contribution >= 4 is 40.5 Å². The Labute approximate surface area is 198 Å². The molecule has 1 aliphatic heterocycles. The maximum absolute atomic E-state index is 11.8. The van der Waals surface area contributed by atoms with Crippen LogP contribution in [0.25, 0.3) is 11.1 Å². The monoisotopic (exact) mass is 444 g/mol. The van der Waals surface area contributed by atoms with Crippen molar-refractivity contribution in [1.82, 2.24) is 5.32 Å². The number of amides is 1. The van der Waals surface area contributed by atoms with E-state index in [9.17, 15) is 4.79 Å². The molecule has 3 N–H and O–H groups in total. The van der Waals surface area contributed by atoms with E-state index in [1.54, 1.807) is 6.34 Å². The maximum Gasteiger partial charge on any atom is 0.247 e. The highest BCUT2D eigenvalue weighted by atomic mass is 16.1. The summed E-state index contributed by atoms with van der Waals surface area (Å²) < 4.78 is 0. The lowest BCUT2D eigenvalue weighted by molar-refractivity contribution is -0.111. The lowest BCUT2D eigenvalue weighted by Gasteiger charge is -2.29. The van der Waals surface area contributed by atoms with Gasteiger partial charge in [0.05, 0.1) is 12.4 Å². The molecular weight excluding hydrogens is 420 g/mol. The fraction of sp³-hybridized carbons (Fsp3) is 0.0345. The molecule has 1 amide bonds. The number of nitrogens with zero attached hydrogens (tertiary/aromatic N) is 1. The van der Waals surface area contributed by atoms with E-state index < -0.39 is 0 Å². The van der Waals surface area contributed by atoms with Gasteiger partial charge in [0.1, 0.15) is 0 Å². The van der Waals surface area contributed by atoms with Crippen LogP contribution in [0, 0.1) is 0 Å². The molecule has 0 saturated carbocycles. The molecule has 0 aromatic heterocycles. The summed E-state index contributed by atoms with van der Waals surface area (Å²) in [6.07, 6.45) is 9.24. The molecule has 2 aliphatic rings. The molecular formula is C29H24N4O. The second-order valence-electron chi connectivity index (χ2n) is 8.05. The molecule has 0 bridgehead atoms. The zero-order valence-electron chi connectivity index (χ0n) is 18.5. The fourth-order valence-corrected chi connectivity index (χ4v) is 4.12. The molecule has 1 atom stereocenters. The summed E-state index contributed by atoms with van der Waals surface area (Å²) in [6.45, 7) is 3.53. The van der Waals surface area contributed by atoms with Crippen molar-refractivity contribution in [3.63, 3.8) is 0 Å². The van der Waals surface area contributed by atoms with Crippen LogP contribution < -0.4 is 16.0 Å². The van der Waals surface area contributed by atoms with Gasteiger partial charge in [-0.05, 0) is 82.5 Å². The van der Waals surface area contributed by atoms with Gasteiger partial charge in [-0.3, -0.25) is 4.79 Å². The first-order valence-corrected chi connectivity index (χ1v) is 11.1. The predicted octanol–water partition coefficient (Wildman–Crippen LogP) is 5.92. The molecule has 166 valence electrons. The molecule has 5 heteroatoms. The highest BCUT2D eigenvalue weighted by molar-refractivity contribution is 6.00. The van der Waals surface area contributed by atoms with Crippen LogP contribution in [0.15, 0.2) is 120 Å². The number of fused-ring (bicyclic) bond motifs is 1. The maximum atomic E-state index is 11.8. The highest BCUT2D eigenvalue weighted by Crippen LogP contribution is 2.36. The Morgan fingerprint density at radius 1 is 0.882 bits per heavy atom. The fourth-order valence-electron chi connectivity index (χ4n) is 4.12. The van der Waals surface area contributed by atoms with Gasteiger partial charge in [0.15, 0.2) is 0 Å². The van der Waals surface area contributed by atoms with Gasteiger partial charge in [-0.1, -0.05) is 49.0 Å². The molecule has 3 aromatic rings. The summed E-state index contributed by atoms with van der Waals surface area (Å²) in [4.78, 5) is 16.1. The van der Waals surface area contributed by atoms with Crippen LogP contribution in [0.4, 0.5) is 17.1 Å². The molecule has 1 heterocycles. The van der Waals surface area contributed by atoms with Crippen LogP contribution in [-0.4, -0.2) is 18.3 Å². The Morgan fingerprint density at radius 2 is 1.62 bits per heavy atom. The number of hydrogen-bond donors (Lipinski definition) is 3. The van der Waals surface area contributed by atoms with Gasteiger partial charge in [-0.15, -0.1) is 0 Å². The second-order valence-corrected chi connectivity index (χ2v) is 8.05. The molecule has 1 aliphatic carbocycles. The van der Waals surface area contributed by atoms with Crippen molar-refractivity contribution in [2.45, 2.75) is 6.04 Å². The number of benzene rings is 3. The van der Waals surface area contributed by atoms with E-state index in [1.165, 1.54) is 6.08 Å². The average molecular weight is 445 g/mol. The van der Waals surface area contributed by atoms with Crippen molar-refractivity contribution in [2.75, 3.05) is 10.6 Å². The Hall–Kier alpha value is -4.64. The Morgan fingerprint density at radius 3 is 2.44 bits per heavy atom. The summed E-state index contributed by atoms with van der Waals surface area (Å²) in [5.74, 6) is -0.235. The quantitative estimate of drug-likeness (QED) is 0.414. The van der Waals surface area contributed by atoms with Crippen molar-refractivity contribution in [3.8, 4) is 0 Å². The van der Waals surface area contributed by atoms with E-state index in [0.717, 1.165) is 44.9 Å². The Bertz CT molecular complexity index is 1370. The van der Waals surface area contributed by atoms with Crippen molar-refractivity contribution in [3.05, 3.63) is 127 Å². The zero-order chi connectivity index (χ0) is 23.3. The number of hydrogen-bond acceptors (Lipinski definition) is 4. The summed E-state index contributed by atoms with van der Waals surface area (Å²) in [6, 6.07) is 26.3. The molecule has 0 radical (unpaired) electrons. The summed E-state index contributed by atoms with van der Waals surface area (Å²) >= 11 is 0. The van der Waals surface area contributed by atoms with Crippen molar-refractivity contribution < 1.29 is 4.79 Å². The number of carbonyl (C=O) groups excluding carboxylic acids is 1. The minimum absolute atomic E-state index is 0.0165. The Balaban J connectivity index is 1.51. The first-order chi connectivity index (χ1) is 16.7. The first-order valence-electron chi connectivity index (χ1n) is 11.1. The third kappa shape index (κ3) is 4.59. The second kappa shape index (κ2) is 9.46. The largest absolute Gasteiger partial charge is 0.365 e. The number of aliphatic imine (C=N–C) groups is 1. The van der Waals surface area contributed by atoms with E-state index in [1.807, 2.05) is 54.7 Å². The van der Waals surface area contributed by atoms with Crippen LogP contribution in [0.5, 0.6) is 0 Å². The van der Waals surface area contributed by atoms with E-state index in [0.29, 0.717) is 0 Å². The smallest absolute Gasteiger partial charge is 0.247 e. The standard InChI is InChI=1S/C29H24N4O/c1-2-28(34)33-26-13-7-9-21(16-26)27-17-22(14-23-18-30-19-31-29(23)27)20-8-6-12-25(15-20)32-24-10-4-3-5-11-24/h2-19,29,32H,1H2,(H,30,31)(H,33,34). The lowest BCUT2D eigenvalue weighted by Crippen LogP contribution is -2.34. The molecule has 0 spiro atoms. The average Bonchev–Trinajstić information content (AvgIpc) is 2.89. The molecule has 1 unspecified atom stereocenters. The Kier molecular flexibility index (Phi) is 5.91. The number of anilines is 3. The number of carbonyl (C=O) groups is 1. The van der Waals surface area contributed by atoms with Gasteiger partial charge in [-0.2, -0.15) is 0 Å². The zero-order valence-corrected chi connectivity index (χ0v) is 18.5. The summed E-state index contributed by atoms with van der Waals surface area (Å²) in [5, 5.41) is 9.68. The summed E-state index contributed by atoms with van der Waals surface area (Å²) in [7, 11) is 0. The van der Waals surface area contributed by atoms with Gasteiger partial charge >= 0.3 is 0 Å². The van der Waals surface area contributed by atoms with Crippen LogP contribution in [0.2, 0.25) is 0 Å². The summed E-state index contributed by atoms with van der Waals surface area (Å²) in [5.41, 5.74) is 8.18. The molecule has 3 aromatic carbocycles. The number of nitrogens with one attached hydrogen (secondary N) is 3. The van der Waals surface area contributed by atoms with E-state index in [4.69, 9.17) is 0 Å². The molecule has 0 fully saturated rings. The van der Waals surface area contributed by atoms with Gasteiger partial charge in [0, 0.05) is 23.3 Å². The van der Waals surface area contributed by atoms with Crippen LogP contribution in [0.3, 0.4) is 0 Å². The van der Waals surface area contributed by atoms with Gasteiger partial charge in [-0.25, -0.2) is 4.99 Å². The van der Waals surface area contributed by atoms with Crippen molar-refractivity contribution in [1.29, 1.82) is 0 Å². The first kappa shape index (κ1) is 21.2. The molecule has 5 rings (SSSR count). The van der Waals surface area contributed by atoms with Gasteiger partial charge in [0.2, 0.25) is 5.91 Å². The lowest BCUT2D eigenvalue weighted by atomic mass is 9.84. The number of rotatable bonds is 6. The molecule has 0 saturated heterocycles. The minimum Gasteiger partial charge on any atom is -0.365 e. The topological polar surface area (TPSA) is 65.5 Å². The van der Waals surface area contributed by atoms with Crippen LogP contribution >= 0.6 is 0 Å². The van der Waals surface area contributed by atoms with E-state index in [2.05, 4.69) is 70.0 Å². The third-order valence-electron chi connectivity index (χ3n) is 5.72. The normalized spacial score (nSPS) is 16.2. The van der Waals surface area contributed by atoms with Gasteiger partial charge in [0.25, 0.3) is 0 Å². The van der Waals surface area contributed by atoms with Gasteiger partial charge < -0.3 is 16.0 Å². The number of para-hydroxylation sites is 1. The SMILES string of the molecule is C=CC(=O)Nc1cccc(C2=CC(c3cccc(Nc4ccccc4)c3)=CC3=CN=CNC32)c1. The number of allylic oxidation sites excluding steroid dienone is 2. The van der Waals surface area contributed by atoms with Crippen LogP contribution in [0.1, 0.15) is 11.1 Å². The van der Waals surface area contributed by atoms with Crippen molar-refractivity contribution in [2.24, 2.45) is 4.99 Å². The predicted molar refractivity (Wildman–Crippen MR) is 141 cm³/mol. The van der Waals surface area contributed by atoms with E-state index >= 15 is 0 Å². The molecule has 34 heavy (non-hydrogen) atoms. The third-order valence-corrected chi connectivity index (χ3v) is 5.72. The highest BCUT2D eigenvalue weighted by Gasteiger charge is 2.25. The van der Waals surface area contributed by atoms with Crippen LogP contribution in [-0.2, 0) is 4.79 Å². The van der Waals surface area contributed by atoms with E-state index in [-0.39, 0.29) is 11.9 Å².